The third kappa shape index (κ3) is 3.45. The summed E-state index contributed by atoms with van der Waals surface area (Å²) >= 11 is 11.6. The maximum absolute atomic E-state index is 5.83. The molecule has 74 valence electrons. The largest absolute Gasteiger partial charge is 0.496 e. The van der Waals surface area contributed by atoms with Gasteiger partial charge in [-0.15, -0.1) is 0 Å². The molecule has 0 heterocycles. The van der Waals surface area contributed by atoms with Gasteiger partial charge in [0, 0.05) is 15.6 Å². The highest BCUT2D eigenvalue weighted by Gasteiger charge is 2.03. The Balaban J connectivity index is 0.000000671. The van der Waals surface area contributed by atoms with Gasteiger partial charge in [0.05, 0.1) is 7.11 Å². The zero-order chi connectivity index (χ0) is 10.4. The van der Waals surface area contributed by atoms with Crippen molar-refractivity contribution < 1.29 is 4.74 Å². The lowest BCUT2D eigenvalue weighted by Crippen LogP contribution is -1.87. The summed E-state index contributed by atoms with van der Waals surface area (Å²) in [5, 5.41) is 1.23. The fourth-order valence-corrected chi connectivity index (χ4v) is 1.31. The minimum atomic E-state index is 0.595. The van der Waals surface area contributed by atoms with Crippen LogP contribution in [0.5, 0.6) is 5.75 Å². The summed E-state index contributed by atoms with van der Waals surface area (Å²) in [6, 6.07) is 3.43. The molecule has 1 aromatic carbocycles. The minimum Gasteiger partial charge on any atom is -0.496 e. The Morgan fingerprint density at radius 2 is 1.69 bits per heavy atom. The van der Waals surface area contributed by atoms with Gasteiger partial charge >= 0.3 is 0 Å². The maximum atomic E-state index is 5.83. The van der Waals surface area contributed by atoms with Gasteiger partial charge in [-0.2, -0.15) is 0 Å². The van der Waals surface area contributed by atoms with Crippen LogP contribution in [-0.4, -0.2) is 7.11 Å². The monoisotopic (exact) mass is 220 g/mol. The second-order valence-electron chi connectivity index (χ2n) is 2.21. The number of hydrogen-bond donors (Lipinski definition) is 0. The van der Waals surface area contributed by atoms with Crippen molar-refractivity contribution in [2.45, 2.75) is 20.8 Å². The normalized spacial score (nSPS) is 8.77. The molecule has 0 aromatic heterocycles. The van der Waals surface area contributed by atoms with E-state index in [1.807, 2.05) is 20.8 Å². The molecule has 3 heteroatoms. The highest BCUT2D eigenvalue weighted by molar-refractivity contribution is 6.35. The van der Waals surface area contributed by atoms with Crippen LogP contribution in [0, 0.1) is 6.92 Å². The number of rotatable bonds is 1. The molecular formula is C10H14Cl2O. The van der Waals surface area contributed by atoms with Crippen molar-refractivity contribution in [3.05, 3.63) is 27.7 Å². The van der Waals surface area contributed by atoms with Crippen molar-refractivity contribution in [2.24, 2.45) is 0 Å². The van der Waals surface area contributed by atoms with Crippen molar-refractivity contribution in [2.75, 3.05) is 7.11 Å². The van der Waals surface area contributed by atoms with Crippen molar-refractivity contribution in [3.8, 4) is 5.75 Å². The van der Waals surface area contributed by atoms with E-state index in [0.29, 0.717) is 10.0 Å². The molecular weight excluding hydrogens is 207 g/mol. The Bertz CT molecular complexity index is 272. The van der Waals surface area contributed by atoms with Crippen molar-refractivity contribution in [3.63, 3.8) is 0 Å². The van der Waals surface area contributed by atoms with E-state index < -0.39 is 0 Å². The van der Waals surface area contributed by atoms with Crippen LogP contribution in [0.2, 0.25) is 10.0 Å². The molecule has 0 aliphatic rings. The molecule has 0 aliphatic heterocycles. The van der Waals surface area contributed by atoms with Crippen LogP contribution in [0.25, 0.3) is 0 Å². The standard InChI is InChI=1S/C8H8Cl2O.C2H6/c1-5-7(10)3-6(9)4-8(5)11-2;1-2/h3-4H,1-2H3;1-2H3. The maximum Gasteiger partial charge on any atom is 0.124 e. The average Bonchev–Trinajstić information content (AvgIpc) is 2.14. The Morgan fingerprint density at radius 1 is 1.15 bits per heavy atom. The lowest BCUT2D eigenvalue weighted by Gasteiger charge is -2.05. The first kappa shape index (κ1) is 12.6. The second-order valence-corrected chi connectivity index (χ2v) is 3.06. The highest BCUT2D eigenvalue weighted by atomic mass is 35.5. The van der Waals surface area contributed by atoms with Gasteiger partial charge in [0.2, 0.25) is 0 Å². The van der Waals surface area contributed by atoms with E-state index in [-0.39, 0.29) is 0 Å². The molecule has 0 spiro atoms. The second kappa shape index (κ2) is 6.11. The Kier molecular flexibility index (Phi) is 5.93. The quantitative estimate of drug-likeness (QED) is 0.685. The van der Waals surface area contributed by atoms with Gasteiger partial charge in [0.25, 0.3) is 0 Å². The van der Waals surface area contributed by atoms with Crippen molar-refractivity contribution in [1.82, 2.24) is 0 Å². The van der Waals surface area contributed by atoms with Gasteiger partial charge in [-0.05, 0) is 19.1 Å². The van der Waals surface area contributed by atoms with Gasteiger partial charge in [0.1, 0.15) is 5.75 Å². The zero-order valence-corrected chi connectivity index (χ0v) is 9.83. The van der Waals surface area contributed by atoms with E-state index in [1.165, 1.54) is 0 Å². The molecule has 0 fully saturated rings. The van der Waals surface area contributed by atoms with Gasteiger partial charge < -0.3 is 4.74 Å². The first-order chi connectivity index (χ1) is 6.15. The Labute approximate surface area is 89.6 Å². The summed E-state index contributed by atoms with van der Waals surface area (Å²) in [4.78, 5) is 0. The summed E-state index contributed by atoms with van der Waals surface area (Å²) in [5.41, 5.74) is 0.915. The fourth-order valence-electron chi connectivity index (χ4n) is 0.834. The minimum absolute atomic E-state index is 0.595. The van der Waals surface area contributed by atoms with Gasteiger partial charge in [-0.1, -0.05) is 37.0 Å². The molecule has 0 aliphatic carbocycles. The topological polar surface area (TPSA) is 9.23 Å². The Morgan fingerprint density at radius 3 is 2.15 bits per heavy atom. The van der Waals surface area contributed by atoms with E-state index in [2.05, 4.69) is 0 Å². The average molecular weight is 221 g/mol. The number of benzene rings is 1. The van der Waals surface area contributed by atoms with Crippen LogP contribution in [-0.2, 0) is 0 Å². The Hall–Kier alpha value is -0.400. The van der Waals surface area contributed by atoms with Crippen LogP contribution >= 0.6 is 23.2 Å². The molecule has 0 unspecified atom stereocenters. The number of methoxy groups -OCH3 is 1. The van der Waals surface area contributed by atoms with Crippen LogP contribution in [0.15, 0.2) is 12.1 Å². The van der Waals surface area contributed by atoms with Gasteiger partial charge in [-0.3, -0.25) is 0 Å². The van der Waals surface area contributed by atoms with E-state index in [0.717, 1.165) is 11.3 Å². The summed E-state index contributed by atoms with van der Waals surface area (Å²) in [7, 11) is 1.59. The van der Waals surface area contributed by atoms with Gasteiger partial charge in [-0.25, -0.2) is 0 Å². The van der Waals surface area contributed by atoms with E-state index >= 15 is 0 Å². The van der Waals surface area contributed by atoms with Crippen LogP contribution in [0.4, 0.5) is 0 Å². The summed E-state index contributed by atoms with van der Waals surface area (Å²) in [6.45, 7) is 5.89. The lowest BCUT2D eigenvalue weighted by atomic mass is 10.2. The molecule has 0 bridgehead atoms. The number of hydrogen-bond acceptors (Lipinski definition) is 1. The molecule has 1 nitrogen and oxygen atoms in total. The van der Waals surface area contributed by atoms with Crippen LogP contribution < -0.4 is 4.74 Å². The van der Waals surface area contributed by atoms with Crippen molar-refractivity contribution in [1.29, 1.82) is 0 Å². The molecule has 0 radical (unpaired) electrons. The summed E-state index contributed by atoms with van der Waals surface area (Å²) < 4.78 is 5.04. The predicted molar refractivity (Wildman–Crippen MR) is 59.1 cm³/mol. The fraction of sp³-hybridized carbons (Fsp3) is 0.400. The molecule has 0 atom stereocenters. The smallest absolute Gasteiger partial charge is 0.124 e. The molecule has 0 saturated carbocycles. The summed E-state index contributed by atoms with van der Waals surface area (Å²) in [5.74, 6) is 0.725. The SMILES string of the molecule is CC.COc1cc(Cl)cc(Cl)c1C. The zero-order valence-electron chi connectivity index (χ0n) is 8.32. The van der Waals surface area contributed by atoms with Crippen molar-refractivity contribution >= 4 is 23.2 Å². The third-order valence-electron chi connectivity index (χ3n) is 1.48. The number of ether oxygens (including phenoxy) is 1. The van der Waals surface area contributed by atoms with E-state index in [1.54, 1.807) is 19.2 Å². The molecule has 0 saturated heterocycles. The van der Waals surface area contributed by atoms with E-state index in [9.17, 15) is 0 Å². The molecule has 13 heavy (non-hydrogen) atoms. The summed E-state index contributed by atoms with van der Waals surface area (Å²) in [6.07, 6.45) is 0. The predicted octanol–water partition coefficient (Wildman–Crippen LogP) is 4.34. The highest BCUT2D eigenvalue weighted by Crippen LogP contribution is 2.29. The van der Waals surface area contributed by atoms with Gasteiger partial charge in [0.15, 0.2) is 0 Å². The van der Waals surface area contributed by atoms with Crippen LogP contribution in [0.3, 0.4) is 0 Å². The molecule has 0 amide bonds. The molecule has 1 aromatic rings. The first-order valence-electron chi connectivity index (χ1n) is 4.15. The number of halogens is 2. The molecule has 1 rings (SSSR count). The van der Waals surface area contributed by atoms with E-state index in [4.69, 9.17) is 27.9 Å². The molecule has 0 N–H and O–H groups in total. The first-order valence-corrected chi connectivity index (χ1v) is 4.90. The van der Waals surface area contributed by atoms with Crippen LogP contribution in [0.1, 0.15) is 19.4 Å². The lowest BCUT2D eigenvalue weighted by molar-refractivity contribution is 0.412. The third-order valence-corrected chi connectivity index (χ3v) is 2.09.